The van der Waals surface area contributed by atoms with E-state index in [1.807, 2.05) is 0 Å². The van der Waals surface area contributed by atoms with E-state index in [-0.39, 0.29) is 11.3 Å². The van der Waals surface area contributed by atoms with Crippen molar-refractivity contribution < 1.29 is 14.7 Å². The molecule has 1 aliphatic carbocycles. The Kier molecular flexibility index (Phi) is 6.35. The van der Waals surface area contributed by atoms with Gasteiger partial charge in [0.1, 0.15) is 0 Å². The molecule has 1 amide bonds. The highest BCUT2D eigenvalue weighted by Gasteiger charge is 2.29. The van der Waals surface area contributed by atoms with Crippen LogP contribution in [-0.4, -0.2) is 28.4 Å². The van der Waals surface area contributed by atoms with Gasteiger partial charge in [-0.2, -0.15) is 0 Å². The van der Waals surface area contributed by atoms with Gasteiger partial charge in [0, 0.05) is 24.9 Å². The first kappa shape index (κ1) is 18.0. The minimum atomic E-state index is -1.04. The van der Waals surface area contributed by atoms with Crippen LogP contribution in [0.2, 0.25) is 0 Å². The third kappa shape index (κ3) is 5.02. The zero-order chi connectivity index (χ0) is 16.8. The maximum absolute atomic E-state index is 12.2. The van der Waals surface area contributed by atoms with E-state index in [1.165, 1.54) is 42.0 Å². The van der Waals surface area contributed by atoms with Crippen LogP contribution < -0.4 is 0 Å². The van der Waals surface area contributed by atoms with Crippen LogP contribution in [0.5, 0.6) is 0 Å². The highest BCUT2D eigenvalue weighted by atomic mass is 16.4. The summed E-state index contributed by atoms with van der Waals surface area (Å²) in [6.07, 6.45) is 10.0. The van der Waals surface area contributed by atoms with Gasteiger partial charge in [0.15, 0.2) is 0 Å². The highest BCUT2D eigenvalue weighted by Crippen LogP contribution is 2.40. The summed E-state index contributed by atoms with van der Waals surface area (Å²) in [4.78, 5) is 24.1. The van der Waals surface area contributed by atoms with E-state index in [0.29, 0.717) is 6.54 Å². The lowest BCUT2D eigenvalue weighted by atomic mass is 9.72. The number of rotatable bonds is 6. The van der Waals surface area contributed by atoms with E-state index in [1.54, 1.807) is 4.90 Å². The lowest BCUT2D eigenvalue weighted by molar-refractivity contribution is -0.131. The number of carboxylic acid groups (broad SMARTS) is 1. The Labute approximate surface area is 132 Å². The number of aliphatic carboxylic acids is 1. The smallest absolute Gasteiger partial charge is 0.328 e. The molecule has 0 heterocycles. The van der Waals surface area contributed by atoms with Crippen LogP contribution in [0.4, 0.5) is 0 Å². The van der Waals surface area contributed by atoms with Crippen LogP contribution >= 0.6 is 0 Å². The Morgan fingerprint density at radius 3 is 2.50 bits per heavy atom. The quantitative estimate of drug-likeness (QED) is 0.462. The van der Waals surface area contributed by atoms with Crippen molar-refractivity contribution in [3.05, 3.63) is 48.2 Å². The fourth-order valence-electron chi connectivity index (χ4n) is 2.80. The second kappa shape index (κ2) is 7.78. The molecule has 1 rings (SSSR count). The van der Waals surface area contributed by atoms with Gasteiger partial charge < -0.3 is 10.0 Å². The summed E-state index contributed by atoms with van der Waals surface area (Å²) in [5.41, 5.74) is 2.74. The molecule has 0 saturated carbocycles. The molecule has 0 bridgehead atoms. The maximum Gasteiger partial charge on any atom is 0.328 e. The minimum Gasteiger partial charge on any atom is -0.478 e. The number of nitrogens with zero attached hydrogens (tertiary/aromatic N) is 1. The van der Waals surface area contributed by atoms with Crippen molar-refractivity contribution in [2.45, 2.75) is 40.0 Å². The molecule has 4 heteroatoms. The van der Waals surface area contributed by atoms with Crippen LogP contribution in [0.1, 0.15) is 40.0 Å². The number of hydrogen-bond donors (Lipinski definition) is 1. The summed E-state index contributed by atoms with van der Waals surface area (Å²) in [5, 5.41) is 8.50. The Balaban J connectivity index is 2.82. The summed E-state index contributed by atoms with van der Waals surface area (Å²) in [5.74, 6) is -1.24. The van der Waals surface area contributed by atoms with E-state index in [2.05, 4.69) is 27.4 Å². The number of amides is 1. The molecule has 22 heavy (non-hydrogen) atoms. The minimum absolute atomic E-state index is 0.0940. The zero-order valence-electron chi connectivity index (χ0n) is 13.6. The molecular formula is C18H25NO3. The second-order valence-electron chi connectivity index (χ2n) is 6.20. The first-order chi connectivity index (χ1) is 10.3. The van der Waals surface area contributed by atoms with Gasteiger partial charge in [0.2, 0.25) is 0 Å². The van der Waals surface area contributed by atoms with Crippen LogP contribution in [0, 0.1) is 5.41 Å². The van der Waals surface area contributed by atoms with Gasteiger partial charge >= 0.3 is 5.97 Å². The maximum atomic E-state index is 12.2. The molecule has 0 aromatic carbocycles. The lowest BCUT2D eigenvalue weighted by Crippen LogP contribution is -2.32. The molecular weight excluding hydrogens is 278 g/mol. The zero-order valence-corrected chi connectivity index (χ0v) is 13.6. The van der Waals surface area contributed by atoms with Gasteiger partial charge in [-0.1, -0.05) is 38.2 Å². The van der Waals surface area contributed by atoms with Crippen LogP contribution in [0.3, 0.4) is 0 Å². The number of hydrogen-bond acceptors (Lipinski definition) is 2. The van der Waals surface area contributed by atoms with Gasteiger partial charge in [-0.15, -0.1) is 0 Å². The molecule has 0 atom stereocenters. The molecule has 0 aliphatic heterocycles. The van der Waals surface area contributed by atoms with E-state index in [0.717, 1.165) is 18.9 Å². The Bertz CT molecular complexity index is 539. The molecule has 4 nitrogen and oxygen atoms in total. The van der Waals surface area contributed by atoms with Crippen molar-refractivity contribution in [1.29, 1.82) is 0 Å². The van der Waals surface area contributed by atoms with E-state index < -0.39 is 5.97 Å². The predicted octanol–water partition coefficient (Wildman–Crippen LogP) is 3.68. The van der Waals surface area contributed by atoms with Gasteiger partial charge in [-0.3, -0.25) is 4.79 Å². The molecule has 0 fully saturated rings. The molecule has 120 valence electrons. The Morgan fingerprint density at radius 2 is 1.95 bits per heavy atom. The van der Waals surface area contributed by atoms with Gasteiger partial charge in [-0.25, -0.2) is 4.79 Å². The van der Waals surface area contributed by atoms with Crippen molar-refractivity contribution in [2.75, 3.05) is 6.54 Å². The normalized spacial score (nSPS) is 18.0. The summed E-state index contributed by atoms with van der Waals surface area (Å²) in [7, 11) is 0. The Hall–Kier alpha value is -2.10. The fourth-order valence-corrected chi connectivity index (χ4v) is 2.80. The van der Waals surface area contributed by atoms with Crippen molar-refractivity contribution in [1.82, 2.24) is 4.90 Å². The summed E-state index contributed by atoms with van der Waals surface area (Å²) in [6.45, 7) is 10.8. The number of carboxylic acids is 1. The molecule has 0 unspecified atom stereocenters. The predicted molar refractivity (Wildman–Crippen MR) is 88.2 cm³/mol. The average molecular weight is 303 g/mol. The molecule has 0 spiro atoms. The third-order valence-electron chi connectivity index (χ3n) is 4.11. The number of carbonyl (C=O) groups is 2. The number of carbonyl (C=O) groups excluding carboxylic acids is 1. The molecule has 0 saturated heterocycles. The molecule has 0 aromatic heterocycles. The van der Waals surface area contributed by atoms with Crippen molar-refractivity contribution in [3.8, 4) is 0 Å². The fraction of sp³-hybridized carbons (Fsp3) is 0.444. The monoisotopic (exact) mass is 303 g/mol. The third-order valence-corrected chi connectivity index (χ3v) is 4.11. The second-order valence-corrected chi connectivity index (χ2v) is 6.20. The lowest BCUT2D eigenvalue weighted by Gasteiger charge is -2.36. The van der Waals surface area contributed by atoms with E-state index in [4.69, 9.17) is 5.11 Å². The summed E-state index contributed by atoms with van der Waals surface area (Å²) >= 11 is 0. The van der Waals surface area contributed by atoms with E-state index in [9.17, 15) is 9.59 Å². The molecule has 0 aromatic rings. The molecule has 0 radical (unpaired) electrons. The largest absolute Gasteiger partial charge is 0.478 e. The van der Waals surface area contributed by atoms with Gasteiger partial charge in [0.25, 0.3) is 5.91 Å². The summed E-state index contributed by atoms with van der Waals surface area (Å²) in [6, 6.07) is 0. The van der Waals surface area contributed by atoms with Gasteiger partial charge in [0.05, 0.1) is 0 Å². The average Bonchev–Trinajstić information content (AvgIpc) is 2.42. The van der Waals surface area contributed by atoms with E-state index >= 15 is 0 Å². The molecule has 1 aliphatic rings. The highest BCUT2D eigenvalue weighted by molar-refractivity contribution is 5.89. The van der Waals surface area contributed by atoms with Crippen LogP contribution in [-0.2, 0) is 9.59 Å². The topological polar surface area (TPSA) is 57.6 Å². The Morgan fingerprint density at radius 1 is 1.32 bits per heavy atom. The van der Waals surface area contributed by atoms with Crippen molar-refractivity contribution in [2.24, 2.45) is 5.41 Å². The molecule has 1 N–H and O–H groups in total. The van der Waals surface area contributed by atoms with Crippen LogP contribution in [0.15, 0.2) is 48.2 Å². The first-order valence-electron chi connectivity index (χ1n) is 7.48. The van der Waals surface area contributed by atoms with Crippen LogP contribution in [0.25, 0.3) is 0 Å². The SMILES string of the molecule is C=CN(CC1=C(C)CCCC1(C)C)C(=O)/C=C/C=C/C(=O)O. The van der Waals surface area contributed by atoms with Crippen molar-refractivity contribution in [3.63, 3.8) is 0 Å². The number of allylic oxidation sites excluding steroid dienone is 3. The van der Waals surface area contributed by atoms with Crippen molar-refractivity contribution >= 4 is 11.9 Å². The van der Waals surface area contributed by atoms with Gasteiger partial charge in [-0.05, 0) is 37.2 Å². The first-order valence-corrected chi connectivity index (χ1v) is 7.48. The standard InChI is InChI=1S/C18H25NO3/c1-5-19(16(20)10-6-7-11-17(21)22)13-15-14(2)9-8-12-18(15,3)4/h5-7,10-11H,1,8-9,12-13H2,2-4H3,(H,21,22)/b10-6+,11-7+. The summed E-state index contributed by atoms with van der Waals surface area (Å²) < 4.78 is 0.